The molecule has 170 valence electrons. The number of aryl methyl sites for hydroxylation is 1. The molecule has 1 aliphatic heterocycles. The van der Waals surface area contributed by atoms with Gasteiger partial charge in [0.05, 0.1) is 23.6 Å². The zero-order valence-electron chi connectivity index (χ0n) is 18.3. The Bertz CT molecular complexity index is 931. The number of carbonyl (C=O) groups is 2. The van der Waals surface area contributed by atoms with Gasteiger partial charge in [0, 0.05) is 38.1 Å². The van der Waals surface area contributed by atoms with E-state index >= 15 is 0 Å². The van der Waals surface area contributed by atoms with Gasteiger partial charge >= 0.3 is 0 Å². The van der Waals surface area contributed by atoms with E-state index in [0.29, 0.717) is 38.1 Å². The molecule has 3 atom stereocenters. The average molecular weight is 439 g/mol. The minimum absolute atomic E-state index is 0.0117. The molecule has 2 amide bonds. The van der Waals surface area contributed by atoms with Gasteiger partial charge in [0.25, 0.3) is 0 Å². The van der Waals surface area contributed by atoms with E-state index in [1.165, 1.54) is 0 Å². The van der Waals surface area contributed by atoms with E-state index in [4.69, 9.17) is 4.74 Å². The molecule has 2 fully saturated rings. The highest BCUT2D eigenvalue weighted by Crippen LogP contribution is 2.35. The van der Waals surface area contributed by atoms with Crippen LogP contribution in [0.15, 0.2) is 48.7 Å². The maximum Gasteiger partial charge on any atom is 0.247 e. The Hall–Kier alpha value is -3.13. The molecule has 8 heteroatoms. The Morgan fingerprint density at radius 2 is 1.78 bits per heavy atom. The second-order valence-corrected chi connectivity index (χ2v) is 8.48. The number of nitrogens with one attached hydrogen (secondary N) is 1. The Morgan fingerprint density at radius 1 is 1.03 bits per heavy atom. The molecule has 4 rings (SSSR count). The van der Waals surface area contributed by atoms with Gasteiger partial charge in [0.1, 0.15) is 5.75 Å². The number of ether oxygens (including phenoxy) is 1. The predicted molar refractivity (Wildman–Crippen MR) is 119 cm³/mol. The van der Waals surface area contributed by atoms with Crippen molar-refractivity contribution in [3.63, 3.8) is 0 Å². The van der Waals surface area contributed by atoms with Crippen LogP contribution in [0.1, 0.15) is 25.0 Å². The molecule has 1 saturated heterocycles. The third kappa shape index (κ3) is 4.85. The third-order valence-electron chi connectivity index (χ3n) is 6.53. The Kier molecular flexibility index (Phi) is 6.90. The minimum atomic E-state index is -0.629. The Labute approximate surface area is 188 Å². The lowest BCUT2D eigenvalue weighted by atomic mass is 9.76. The van der Waals surface area contributed by atoms with Crippen molar-refractivity contribution in [1.82, 2.24) is 15.4 Å². The van der Waals surface area contributed by atoms with E-state index in [2.05, 4.69) is 22.0 Å². The van der Waals surface area contributed by atoms with Crippen LogP contribution >= 0.6 is 0 Å². The first kappa shape index (κ1) is 22.1. The molecule has 0 radical (unpaired) electrons. The highest BCUT2D eigenvalue weighted by Gasteiger charge is 2.42. The van der Waals surface area contributed by atoms with Crippen molar-refractivity contribution < 1.29 is 19.5 Å². The number of rotatable bonds is 5. The number of hydroxylamine groups is 1. The van der Waals surface area contributed by atoms with Crippen LogP contribution < -0.4 is 15.1 Å². The number of nitrogens with zero attached hydrogens (tertiary/aromatic N) is 3. The van der Waals surface area contributed by atoms with Crippen molar-refractivity contribution in [2.45, 2.75) is 32.3 Å². The largest absolute Gasteiger partial charge is 0.489 e. The first-order chi connectivity index (χ1) is 15.6. The fourth-order valence-corrected chi connectivity index (χ4v) is 4.74. The van der Waals surface area contributed by atoms with E-state index < -0.39 is 17.7 Å². The Balaban J connectivity index is 1.39. The number of piperazine rings is 1. The molecule has 3 unspecified atom stereocenters. The number of carbonyl (C=O) groups excluding carboxylic acids is 2. The topological polar surface area (TPSA) is 95.0 Å². The van der Waals surface area contributed by atoms with Crippen molar-refractivity contribution in [3.8, 4) is 5.75 Å². The quantitative estimate of drug-likeness (QED) is 0.550. The maximum atomic E-state index is 13.3. The fourth-order valence-electron chi connectivity index (χ4n) is 4.74. The average Bonchev–Trinajstić information content (AvgIpc) is 2.85. The second-order valence-electron chi connectivity index (χ2n) is 8.48. The van der Waals surface area contributed by atoms with Crippen LogP contribution in [0.25, 0.3) is 0 Å². The number of para-hydroxylation sites is 1. The lowest BCUT2D eigenvalue weighted by Crippen LogP contribution is -2.53. The molecule has 1 aliphatic carbocycles. The summed E-state index contributed by atoms with van der Waals surface area (Å²) in [5, 5.41) is 9.30. The molecule has 0 bridgehead atoms. The monoisotopic (exact) mass is 438 g/mol. The number of benzene rings is 1. The van der Waals surface area contributed by atoms with Crippen LogP contribution in [0.3, 0.4) is 0 Å². The van der Waals surface area contributed by atoms with Gasteiger partial charge in [-0.2, -0.15) is 0 Å². The third-order valence-corrected chi connectivity index (χ3v) is 6.53. The van der Waals surface area contributed by atoms with Crippen LogP contribution in [-0.4, -0.2) is 59.2 Å². The van der Waals surface area contributed by atoms with Gasteiger partial charge in [-0.05, 0) is 50.5 Å². The molecule has 1 saturated carbocycles. The molecule has 1 aromatic carbocycles. The summed E-state index contributed by atoms with van der Waals surface area (Å²) in [5.41, 5.74) is 3.70. The summed E-state index contributed by atoms with van der Waals surface area (Å²) in [7, 11) is 0. The molecule has 0 spiro atoms. The summed E-state index contributed by atoms with van der Waals surface area (Å²) in [6.07, 6.45) is 3.08. The Morgan fingerprint density at radius 3 is 2.47 bits per heavy atom. The number of aromatic nitrogens is 1. The zero-order chi connectivity index (χ0) is 22.5. The lowest BCUT2D eigenvalue weighted by Gasteiger charge is -2.40. The molecule has 2 heterocycles. The zero-order valence-corrected chi connectivity index (χ0v) is 18.3. The highest BCUT2D eigenvalue weighted by molar-refractivity contribution is 5.87. The molecule has 32 heavy (non-hydrogen) atoms. The van der Waals surface area contributed by atoms with Gasteiger partial charge in [-0.3, -0.25) is 19.8 Å². The number of anilines is 1. The molecule has 2 aromatic rings. The molecule has 2 aliphatic rings. The van der Waals surface area contributed by atoms with E-state index in [1.54, 1.807) is 11.7 Å². The van der Waals surface area contributed by atoms with E-state index in [-0.39, 0.29) is 12.0 Å². The van der Waals surface area contributed by atoms with Gasteiger partial charge < -0.3 is 14.5 Å². The second kappa shape index (κ2) is 9.99. The standard InChI is InChI=1S/C24H30N4O4/c1-17-22(8-5-11-25-17)32-19-9-10-20(21(16-19)23(29)26-31)24(30)28-14-12-27(13-15-28)18-6-3-2-4-7-18/h2-8,11,19-21,31H,9-10,12-16H2,1H3,(H,26,29). The van der Waals surface area contributed by atoms with Gasteiger partial charge in [0.2, 0.25) is 11.8 Å². The molecular weight excluding hydrogens is 408 g/mol. The van der Waals surface area contributed by atoms with Gasteiger partial charge in [0.15, 0.2) is 0 Å². The summed E-state index contributed by atoms with van der Waals surface area (Å²) < 4.78 is 6.09. The number of hydrogen-bond acceptors (Lipinski definition) is 6. The highest BCUT2D eigenvalue weighted by atomic mass is 16.5. The summed E-state index contributed by atoms with van der Waals surface area (Å²) >= 11 is 0. The van der Waals surface area contributed by atoms with Crippen LogP contribution in [0.4, 0.5) is 5.69 Å². The number of amides is 2. The normalized spacial score (nSPS) is 23.5. The van der Waals surface area contributed by atoms with Crippen molar-refractivity contribution in [2.24, 2.45) is 11.8 Å². The SMILES string of the molecule is Cc1ncccc1OC1CCC(C(=O)N2CCN(c3ccccc3)CC2)C(C(=O)NO)C1. The van der Waals surface area contributed by atoms with Gasteiger partial charge in [-0.25, -0.2) is 5.48 Å². The number of pyridine rings is 1. The van der Waals surface area contributed by atoms with Crippen molar-refractivity contribution in [3.05, 3.63) is 54.4 Å². The smallest absolute Gasteiger partial charge is 0.247 e. The van der Waals surface area contributed by atoms with Gasteiger partial charge in [-0.15, -0.1) is 0 Å². The summed E-state index contributed by atoms with van der Waals surface area (Å²) in [6, 6.07) is 13.8. The van der Waals surface area contributed by atoms with E-state index in [1.807, 2.05) is 42.2 Å². The van der Waals surface area contributed by atoms with E-state index in [0.717, 1.165) is 24.5 Å². The van der Waals surface area contributed by atoms with Gasteiger partial charge in [-0.1, -0.05) is 18.2 Å². The fraction of sp³-hybridized carbons (Fsp3) is 0.458. The lowest BCUT2D eigenvalue weighted by molar-refractivity contribution is -0.148. The predicted octanol–water partition coefficient (Wildman–Crippen LogP) is 2.41. The van der Waals surface area contributed by atoms with Crippen LogP contribution in [0.5, 0.6) is 5.75 Å². The summed E-state index contributed by atoms with van der Waals surface area (Å²) in [4.78, 5) is 34.2. The van der Waals surface area contributed by atoms with Crippen molar-refractivity contribution in [1.29, 1.82) is 0 Å². The van der Waals surface area contributed by atoms with Crippen LogP contribution in [0.2, 0.25) is 0 Å². The molecule has 8 nitrogen and oxygen atoms in total. The summed E-state index contributed by atoms with van der Waals surface area (Å²) in [5.74, 6) is -0.942. The van der Waals surface area contributed by atoms with Crippen LogP contribution in [-0.2, 0) is 9.59 Å². The maximum absolute atomic E-state index is 13.3. The minimum Gasteiger partial charge on any atom is -0.489 e. The number of hydrogen-bond donors (Lipinski definition) is 2. The van der Waals surface area contributed by atoms with Crippen LogP contribution in [0, 0.1) is 18.8 Å². The molecule has 2 N–H and O–H groups in total. The molecule has 1 aromatic heterocycles. The van der Waals surface area contributed by atoms with E-state index in [9.17, 15) is 14.8 Å². The van der Waals surface area contributed by atoms with Crippen molar-refractivity contribution in [2.75, 3.05) is 31.1 Å². The first-order valence-corrected chi connectivity index (χ1v) is 11.2. The first-order valence-electron chi connectivity index (χ1n) is 11.2. The van der Waals surface area contributed by atoms with Crippen molar-refractivity contribution >= 4 is 17.5 Å². The molecular formula is C24H30N4O4. The summed E-state index contributed by atoms with van der Waals surface area (Å²) in [6.45, 7) is 4.62.